The Bertz CT molecular complexity index is 532. The number of nitrogens with one attached hydrogen (secondary N) is 1. The maximum absolute atomic E-state index is 11.6. The molecule has 0 aliphatic heterocycles. The molecule has 1 aromatic rings. The monoisotopic (exact) mass is 311 g/mol. The van der Waals surface area contributed by atoms with E-state index in [0.717, 1.165) is 0 Å². The zero-order valence-corrected chi connectivity index (χ0v) is 13.6. The van der Waals surface area contributed by atoms with Crippen molar-refractivity contribution in [3.63, 3.8) is 0 Å². The van der Waals surface area contributed by atoms with Gasteiger partial charge in [-0.1, -0.05) is 6.92 Å². The van der Waals surface area contributed by atoms with Crippen molar-refractivity contribution in [3.8, 4) is 0 Å². The van der Waals surface area contributed by atoms with Gasteiger partial charge in [0.25, 0.3) is 0 Å². The molecule has 2 N–H and O–H groups in total. The average Bonchev–Trinajstić information content (AvgIpc) is 2.36. The lowest BCUT2D eigenvalue weighted by Gasteiger charge is -2.10. The van der Waals surface area contributed by atoms with Crippen molar-refractivity contribution in [3.05, 3.63) is 17.1 Å². The Kier molecular flexibility index (Phi) is 6.61. The van der Waals surface area contributed by atoms with Gasteiger partial charge in [-0.25, -0.2) is 14.8 Å². The Labute approximate surface area is 128 Å². The Balaban J connectivity index is 2.79. The number of amides is 1. The molecule has 7 heteroatoms. The number of hydrogen-bond donors (Lipinski definition) is 2. The largest absolute Gasteiger partial charge is 0.478 e. The predicted molar refractivity (Wildman–Crippen MR) is 81.7 cm³/mol. The van der Waals surface area contributed by atoms with Gasteiger partial charge < -0.3 is 10.4 Å². The first-order valence-electron chi connectivity index (χ1n) is 6.88. The van der Waals surface area contributed by atoms with Crippen LogP contribution in [0.5, 0.6) is 0 Å². The summed E-state index contributed by atoms with van der Waals surface area (Å²) in [5, 5.41) is 12.5. The van der Waals surface area contributed by atoms with Gasteiger partial charge in [-0.15, -0.1) is 11.8 Å². The van der Waals surface area contributed by atoms with Crippen LogP contribution in [-0.2, 0) is 11.2 Å². The van der Waals surface area contributed by atoms with Crippen LogP contribution in [0.1, 0.15) is 49.1 Å². The molecule has 0 aliphatic rings. The molecule has 21 heavy (non-hydrogen) atoms. The van der Waals surface area contributed by atoms with Crippen LogP contribution in [-0.4, -0.2) is 38.7 Å². The van der Waals surface area contributed by atoms with E-state index in [9.17, 15) is 14.7 Å². The van der Waals surface area contributed by atoms with Gasteiger partial charge in [0.15, 0.2) is 0 Å². The fraction of sp³-hybridized carbons (Fsp3) is 0.571. The minimum atomic E-state index is -1.04. The lowest BCUT2D eigenvalue weighted by atomic mass is 10.2. The van der Waals surface area contributed by atoms with Crippen LogP contribution in [0, 0.1) is 6.92 Å². The minimum absolute atomic E-state index is 0.0455. The summed E-state index contributed by atoms with van der Waals surface area (Å²) in [6.45, 7) is 7.38. The maximum atomic E-state index is 11.6. The van der Waals surface area contributed by atoms with Crippen LogP contribution < -0.4 is 5.32 Å². The number of aromatic nitrogens is 2. The normalized spacial score (nSPS) is 10.7. The molecule has 1 rings (SSSR count). The molecule has 0 radical (unpaired) electrons. The van der Waals surface area contributed by atoms with Gasteiger partial charge >= 0.3 is 5.97 Å². The summed E-state index contributed by atoms with van der Waals surface area (Å²) in [7, 11) is 0. The van der Waals surface area contributed by atoms with E-state index in [1.165, 1.54) is 11.8 Å². The molecular weight excluding hydrogens is 290 g/mol. The van der Waals surface area contributed by atoms with Crippen LogP contribution in [0.3, 0.4) is 0 Å². The number of aromatic carboxylic acids is 1. The molecule has 0 saturated carbocycles. The highest BCUT2D eigenvalue weighted by Gasteiger charge is 2.18. The quantitative estimate of drug-likeness (QED) is 0.591. The van der Waals surface area contributed by atoms with Gasteiger partial charge in [0.1, 0.15) is 16.4 Å². The second-order valence-electron chi connectivity index (χ2n) is 4.88. The van der Waals surface area contributed by atoms with Crippen molar-refractivity contribution >= 4 is 23.6 Å². The molecule has 0 spiro atoms. The van der Waals surface area contributed by atoms with E-state index < -0.39 is 5.97 Å². The fourth-order valence-electron chi connectivity index (χ4n) is 1.75. The van der Waals surface area contributed by atoms with Crippen LogP contribution in [0.25, 0.3) is 0 Å². The van der Waals surface area contributed by atoms with E-state index in [0.29, 0.717) is 35.1 Å². The highest BCUT2D eigenvalue weighted by Crippen LogP contribution is 2.23. The molecule has 0 atom stereocenters. The smallest absolute Gasteiger partial charge is 0.340 e. The van der Waals surface area contributed by atoms with Crippen molar-refractivity contribution < 1.29 is 14.7 Å². The molecule has 0 fully saturated rings. The van der Waals surface area contributed by atoms with Crippen LogP contribution in [0.15, 0.2) is 5.03 Å². The first-order valence-corrected chi connectivity index (χ1v) is 7.86. The number of carbonyl (C=O) groups excluding carboxylic acids is 1. The molecule has 6 nitrogen and oxygen atoms in total. The summed E-state index contributed by atoms with van der Waals surface area (Å²) in [5.41, 5.74) is 0.588. The third-order valence-electron chi connectivity index (χ3n) is 2.65. The van der Waals surface area contributed by atoms with Gasteiger partial charge in [0, 0.05) is 24.6 Å². The number of aryl methyl sites for hydroxylation is 2. The maximum Gasteiger partial charge on any atom is 0.340 e. The van der Waals surface area contributed by atoms with E-state index in [1.54, 1.807) is 6.92 Å². The Morgan fingerprint density at radius 2 is 2.00 bits per heavy atom. The lowest BCUT2D eigenvalue weighted by Crippen LogP contribution is -2.30. The molecule has 0 bridgehead atoms. The second-order valence-corrected chi connectivity index (χ2v) is 5.97. The van der Waals surface area contributed by atoms with Crippen molar-refractivity contribution in [2.45, 2.75) is 51.6 Å². The number of carboxylic acids is 1. The third-order valence-corrected chi connectivity index (χ3v) is 3.63. The van der Waals surface area contributed by atoms with Crippen LogP contribution in [0.4, 0.5) is 0 Å². The SMILES string of the molecule is CCc1nc(C)c(C(=O)O)c(SCCC(=O)NC(C)C)n1. The number of nitrogens with zero attached hydrogens (tertiary/aromatic N) is 2. The predicted octanol–water partition coefficient (Wildman–Crippen LogP) is 2.05. The topological polar surface area (TPSA) is 92.2 Å². The summed E-state index contributed by atoms with van der Waals surface area (Å²) in [6.07, 6.45) is 0.967. The van der Waals surface area contributed by atoms with Gasteiger partial charge in [-0.2, -0.15) is 0 Å². The molecule has 0 aromatic carbocycles. The lowest BCUT2D eigenvalue weighted by molar-refractivity contribution is -0.121. The van der Waals surface area contributed by atoms with Gasteiger partial charge in [-0.3, -0.25) is 4.79 Å². The summed E-state index contributed by atoms with van der Waals surface area (Å²) in [6, 6.07) is 0.102. The molecule has 1 heterocycles. The molecule has 1 aromatic heterocycles. The first kappa shape index (κ1) is 17.4. The number of rotatable bonds is 7. The number of carboxylic acid groups (broad SMARTS) is 1. The van der Waals surface area contributed by atoms with E-state index >= 15 is 0 Å². The van der Waals surface area contributed by atoms with E-state index in [4.69, 9.17) is 0 Å². The molecule has 0 unspecified atom stereocenters. The molecule has 1 amide bonds. The molecule has 0 aliphatic carbocycles. The Morgan fingerprint density at radius 1 is 1.33 bits per heavy atom. The van der Waals surface area contributed by atoms with Crippen molar-refractivity contribution in [2.75, 3.05) is 5.75 Å². The first-order chi connectivity index (χ1) is 9.85. The number of hydrogen-bond acceptors (Lipinski definition) is 5. The van der Waals surface area contributed by atoms with Gasteiger partial charge in [-0.05, 0) is 20.8 Å². The van der Waals surface area contributed by atoms with Crippen LogP contribution in [0.2, 0.25) is 0 Å². The summed E-state index contributed by atoms with van der Waals surface area (Å²) in [4.78, 5) is 31.3. The Morgan fingerprint density at radius 3 is 2.52 bits per heavy atom. The van der Waals surface area contributed by atoms with E-state index in [1.807, 2.05) is 20.8 Å². The highest BCUT2D eigenvalue weighted by atomic mass is 32.2. The van der Waals surface area contributed by atoms with Crippen molar-refractivity contribution in [2.24, 2.45) is 0 Å². The van der Waals surface area contributed by atoms with Gasteiger partial charge in [0.05, 0.1) is 5.69 Å². The van der Waals surface area contributed by atoms with Gasteiger partial charge in [0.2, 0.25) is 5.91 Å². The zero-order chi connectivity index (χ0) is 16.0. The highest BCUT2D eigenvalue weighted by molar-refractivity contribution is 7.99. The second kappa shape index (κ2) is 7.97. The van der Waals surface area contributed by atoms with Crippen molar-refractivity contribution in [1.82, 2.24) is 15.3 Å². The number of thioether (sulfide) groups is 1. The van der Waals surface area contributed by atoms with E-state index in [-0.39, 0.29) is 17.5 Å². The molecular formula is C14H21N3O3S. The van der Waals surface area contributed by atoms with Crippen LogP contribution >= 0.6 is 11.8 Å². The summed E-state index contributed by atoms with van der Waals surface area (Å²) < 4.78 is 0. The zero-order valence-electron chi connectivity index (χ0n) is 12.8. The third kappa shape index (κ3) is 5.34. The molecule has 116 valence electrons. The fourth-order valence-corrected chi connectivity index (χ4v) is 2.78. The van der Waals surface area contributed by atoms with Crippen molar-refractivity contribution in [1.29, 1.82) is 0 Å². The number of carbonyl (C=O) groups is 2. The summed E-state index contributed by atoms with van der Waals surface area (Å²) >= 11 is 1.28. The Hall–Kier alpha value is -1.63. The van der Waals surface area contributed by atoms with E-state index in [2.05, 4.69) is 15.3 Å². The summed E-state index contributed by atoms with van der Waals surface area (Å²) in [5.74, 6) is 0.0186. The molecule has 0 saturated heterocycles. The average molecular weight is 311 g/mol. The standard InChI is InChI=1S/C14H21N3O3S/c1-5-10-16-9(4)12(14(19)20)13(17-10)21-7-6-11(18)15-8(2)3/h8H,5-7H2,1-4H3,(H,15,18)(H,19,20). The minimum Gasteiger partial charge on any atom is -0.478 e.